The first-order valence-electron chi connectivity index (χ1n) is 4.77. The minimum absolute atomic E-state index is 0.0513. The summed E-state index contributed by atoms with van der Waals surface area (Å²) in [6.45, 7) is 3.48. The summed E-state index contributed by atoms with van der Waals surface area (Å²) in [4.78, 5) is 38.9. The third kappa shape index (κ3) is 4.42. The molecule has 0 saturated heterocycles. The van der Waals surface area contributed by atoms with E-state index < -0.39 is 17.5 Å². The first-order valence-corrected chi connectivity index (χ1v) is 5.75. The minimum atomic E-state index is -1.31. The highest BCUT2D eigenvalue weighted by atomic mass is 32.2. The normalized spacial score (nSPS) is 9.78. The van der Waals surface area contributed by atoms with Crippen molar-refractivity contribution in [2.24, 2.45) is 0 Å². The maximum absolute atomic E-state index is 11.2. The Kier molecular flexibility index (Phi) is 5.12. The van der Waals surface area contributed by atoms with Crippen molar-refractivity contribution in [3.05, 3.63) is 34.8 Å². The van der Waals surface area contributed by atoms with Gasteiger partial charge < -0.3 is 14.8 Å². The number of aromatic carboxylic acids is 1. The lowest BCUT2D eigenvalue weighted by Gasteiger charge is -2.02. The topological polar surface area (TPSA) is 109 Å². The molecule has 0 aliphatic rings. The highest BCUT2D eigenvalue weighted by Gasteiger charge is 2.10. The van der Waals surface area contributed by atoms with Crippen LogP contribution in [0.4, 0.5) is 0 Å². The van der Waals surface area contributed by atoms with Gasteiger partial charge >= 0.3 is 11.9 Å². The number of carbonyl (C=O) groups is 2. The van der Waals surface area contributed by atoms with Crippen LogP contribution in [0, 0.1) is 0 Å². The number of carbonyl (C=O) groups excluding carboxylic acids is 1. The lowest BCUT2D eigenvalue weighted by molar-refractivity contribution is -0.139. The third-order valence-electron chi connectivity index (χ3n) is 1.63. The minimum Gasteiger partial charge on any atom is -0.477 e. The molecule has 0 aromatic carbocycles. The van der Waals surface area contributed by atoms with Gasteiger partial charge in [-0.15, -0.1) is 0 Å². The fourth-order valence-electron chi connectivity index (χ4n) is 0.934. The molecule has 0 aliphatic carbocycles. The smallest absolute Gasteiger partial charge is 0.354 e. The first kappa shape index (κ1) is 14.0. The van der Waals surface area contributed by atoms with E-state index in [1.807, 2.05) is 0 Å². The number of hydrogen-bond acceptors (Lipinski definition) is 6. The van der Waals surface area contributed by atoms with E-state index in [0.29, 0.717) is 0 Å². The number of carboxylic acids is 1. The Morgan fingerprint density at radius 3 is 2.94 bits per heavy atom. The Hall–Kier alpha value is -2.09. The van der Waals surface area contributed by atoms with Crippen molar-refractivity contribution < 1.29 is 19.4 Å². The van der Waals surface area contributed by atoms with E-state index in [0.717, 1.165) is 17.8 Å². The SMILES string of the molecule is C=CCOC(=O)CSc1nc(C(=O)O)cc(=O)[nH]1. The molecule has 1 heterocycles. The van der Waals surface area contributed by atoms with Crippen molar-refractivity contribution in [2.75, 3.05) is 12.4 Å². The lowest BCUT2D eigenvalue weighted by Crippen LogP contribution is -2.14. The molecule has 2 N–H and O–H groups in total. The van der Waals surface area contributed by atoms with Gasteiger partial charge in [0.05, 0.1) is 5.75 Å². The first-order chi connectivity index (χ1) is 8.52. The summed E-state index contributed by atoms with van der Waals surface area (Å²) in [5, 5.41) is 8.75. The number of aromatic amines is 1. The summed E-state index contributed by atoms with van der Waals surface area (Å²) in [5.74, 6) is -1.90. The van der Waals surface area contributed by atoms with E-state index in [-0.39, 0.29) is 23.2 Å². The fraction of sp³-hybridized carbons (Fsp3) is 0.200. The number of aromatic nitrogens is 2. The number of esters is 1. The van der Waals surface area contributed by atoms with Gasteiger partial charge in [-0.2, -0.15) is 0 Å². The van der Waals surface area contributed by atoms with Crippen LogP contribution in [0.5, 0.6) is 0 Å². The number of carboxylic acid groups (broad SMARTS) is 1. The Labute approximate surface area is 106 Å². The molecule has 0 radical (unpaired) electrons. The molecule has 1 aromatic rings. The summed E-state index contributed by atoms with van der Waals surface area (Å²) in [6, 6.07) is 0.864. The van der Waals surface area contributed by atoms with Crippen LogP contribution in [0.2, 0.25) is 0 Å². The number of rotatable bonds is 6. The molecule has 0 atom stereocenters. The zero-order valence-corrected chi connectivity index (χ0v) is 10.0. The predicted octanol–water partition coefficient (Wildman–Crippen LogP) is 0.289. The molecule has 0 spiro atoms. The molecule has 0 unspecified atom stereocenters. The maximum atomic E-state index is 11.2. The Morgan fingerprint density at radius 1 is 1.61 bits per heavy atom. The molecule has 0 saturated carbocycles. The zero-order chi connectivity index (χ0) is 13.5. The number of H-pyrrole nitrogens is 1. The summed E-state index contributed by atoms with van der Waals surface area (Å²) >= 11 is 0.886. The van der Waals surface area contributed by atoms with Crippen LogP contribution in [0.1, 0.15) is 10.5 Å². The largest absolute Gasteiger partial charge is 0.477 e. The molecule has 96 valence electrons. The quantitative estimate of drug-likeness (QED) is 0.331. The molecule has 0 amide bonds. The third-order valence-corrected chi connectivity index (χ3v) is 2.47. The highest BCUT2D eigenvalue weighted by Crippen LogP contribution is 2.11. The monoisotopic (exact) mass is 270 g/mol. The van der Waals surface area contributed by atoms with Crippen LogP contribution < -0.4 is 5.56 Å². The molecule has 8 heteroatoms. The number of nitrogens with one attached hydrogen (secondary N) is 1. The van der Waals surface area contributed by atoms with Gasteiger partial charge in [0.2, 0.25) is 0 Å². The highest BCUT2D eigenvalue weighted by molar-refractivity contribution is 7.99. The van der Waals surface area contributed by atoms with Crippen LogP contribution in [-0.2, 0) is 9.53 Å². The summed E-state index contributed by atoms with van der Waals surface area (Å²) in [7, 11) is 0. The van der Waals surface area contributed by atoms with Crippen LogP contribution in [0.25, 0.3) is 0 Å². The molecular formula is C10H10N2O5S. The van der Waals surface area contributed by atoms with Crippen LogP contribution in [0.3, 0.4) is 0 Å². The molecule has 1 rings (SSSR count). The van der Waals surface area contributed by atoms with E-state index >= 15 is 0 Å². The van der Waals surface area contributed by atoms with Gasteiger partial charge in [0.1, 0.15) is 6.61 Å². The molecule has 0 fully saturated rings. The Balaban J connectivity index is 2.67. The average molecular weight is 270 g/mol. The number of ether oxygens (including phenoxy) is 1. The van der Waals surface area contributed by atoms with E-state index in [1.54, 1.807) is 0 Å². The van der Waals surface area contributed by atoms with Crippen LogP contribution in [0.15, 0.2) is 28.7 Å². The molecule has 0 bridgehead atoms. The zero-order valence-electron chi connectivity index (χ0n) is 9.21. The van der Waals surface area contributed by atoms with Crippen molar-refractivity contribution in [2.45, 2.75) is 5.16 Å². The molecule has 7 nitrogen and oxygen atoms in total. The predicted molar refractivity (Wildman–Crippen MR) is 63.7 cm³/mol. The molecule has 1 aromatic heterocycles. The maximum Gasteiger partial charge on any atom is 0.354 e. The van der Waals surface area contributed by atoms with Crippen molar-refractivity contribution in [3.63, 3.8) is 0 Å². The second kappa shape index (κ2) is 6.60. The van der Waals surface area contributed by atoms with Gasteiger partial charge in [-0.25, -0.2) is 9.78 Å². The molecular weight excluding hydrogens is 260 g/mol. The van der Waals surface area contributed by atoms with Crippen molar-refractivity contribution >= 4 is 23.7 Å². The fourth-order valence-corrected chi connectivity index (χ4v) is 1.61. The van der Waals surface area contributed by atoms with Crippen LogP contribution >= 0.6 is 11.8 Å². The van der Waals surface area contributed by atoms with Gasteiger partial charge in [-0.3, -0.25) is 9.59 Å². The second-order valence-electron chi connectivity index (χ2n) is 3.00. The van der Waals surface area contributed by atoms with Crippen molar-refractivity contribution in [3.8, 4) is 0 Å². The second-order valence-corrected chi connectivity index (χ2v) is 3.97. The summed E-state index contributed by atoms with van der Waals surface area (Å²) in [6.07, 6.45) is 1.42. The lowest BCUT2D eigenvalue weighted by atomic mass is 10.4. The van der Waals surface area contributed by atoms with Gasteiger partial charge in [-0.05, 0) is 0 Å². The van der Waals surface area contributed by atoms with E-state index in [1.165, 1.54) is 6.08 Å². The summed E-state index contributed by atoms with van der Waals surface area (Å²) in [5.41, 5.74) is -0.968. The average Bonchev–Trinajstić information content (AvgIpc) is 2.33. The molecule has 0 aliphatic heterocycles. The van der Waals surface area contributed by atoms with E-state index in [4.69, 9.17) is 9.84 Å². The Morgan fingerprint density at radius 2 is 2.33 bits per heavy atom. The van der Waals surface area contributed by atoms with Crippen LogP contribution in [-0.4, -0.2) is 39.4 Å². The van der Waals surface area contributed by atoms with Gasteiger partial charge in [0.25, 0.3) is 5.56 Å². The number of thioether (sulfide) groups is 1. The number of hydrogen-bond donors (Lipinski definition) is 2. The standard InChI is InChI=1S/C10H10N2O5S/c1-2-3-17-8(14)5-18-10-11-6(9(15)16)4-7(13)12-10/h2,4H,1,3,5H2,(H,15,16)(H,11,12,13). The van der Waals surface area contributed by atoms with E-state index in [2.05, 4.69) is 16.5 Å². The van der Waals surface area contributed by atoms with Crippen molar-refractivity contribution in [1.29, 1.82) is 0 Å². The Bertz CT molecular complexity index is 525. The van der Waals surface area contributed by atoms with Crippen molar-refractivity contribution in [1.82, 2.24) is 9.97 Å². The van der Waals surface area contributed by atoms with E-state index in [9.17, 15) is 14.4 Å². The van der Waals surface area contributed by atoms with Gasteiger partial charge in [0, 0.05) is 6.07 Å². The van der Waals surface area contributed by atoms with Gasteiger partial charge in [-0.1, -0.05) is 24.4 Å². The number of nitrogens with zero attached hydrogens (tertiary/aromatic N) is 1. The molecule has 18 heavy (non-hydrogen) atoms. The summed E-state index contributed by atoms with van der Waals surface area (Å²) < 4.78 is 4.71. The van der Waals surface area contributed by atoms with Gasteiger partial charge in [0.15, 0.2) is 10.9 Å².